The van der Waals surface area contributed by atoms with Crippen molar-refractivity contribution >= 4 is 5.91 Å². The Balaban J connectivity index is 1.71. The summed E-state index contributed by atoms with van der Waals surface area (Å²) in [5, 5.41) is 12.6. The van der Waals surface area contributed by atoms with Crippen molar-refractivity contribution in [3.63, 3.8) is 0 Å². The van der Waals surface area contributed by atoms with Gasteiger partial charge in [0.25, 0.3) is 5.91 Å². The van der Waals surface area contributed by atoms with Crippen LogP contribution in [0.5, 0.6) is 11.5 Å². The molecule has 1 aliphatic heterocycles. The molecular weight excluding hydrogens is 406 g/mol. The zero-order valence-electron chi connectivity index (χ0n) is 17.8. The number of methoxy groups -OCH3 is 1. The first-order chi connectivity index (χ1) is 15.6. The topological polar surface area (TPSA) is 75.0 Å². The maximum atomic E-state index is 13.3. The fourth-order valence-corrected chi connectivity index (χ4v) is 4.39. The lowest BCUT2D eigenvalue weighted by atomic mass is 9.97. The summed E-state index contributed by atoms with van der Waals surface area (Å²) >= 11 is 0. The number of hydrogen-bond donors (Lipinski definition) is 1. The summed E-state index contributed by atoms with van der Waals surface area (Å²) in [4.78, 5) is 27.2. The van der Waals surface area contributed by atoms with Crippen LogP contribution in [0.15, 0.2) is 71.7 Å². The minimum absolute atomic E-state index is 0.000212. The van der Waals surface area contributed by atoms with Gasteiger partial charge in [-0.25, -0.2) is 0 Å². The summed E-state index contributed by atoms with van der Waals surface area (Å²) in [7, 11) is 1.64. The number of rotatable bonds is 6. The lowest BCUT2D eigenvalue weighted by Gasteiger charge is -2.44. The first-order valence-corrected chi connectivity index (χ1v) is 10.8. The van der Waals surface area contributed by atoms with Crippen molar-refractivity contribution in [3.8, 4) is 11.5 Å². The highest BCUT2D eigenvalue weighted by atomic mass is 16.5. The normalized spacial score (nSPS) is 16.6. The SMILES string of the molecule is COc1ccccc1[C@@H](c1ccccc1)N1CN(CC2CC2)C(=O)c2c(O)c(=O)ccn21. The molecule has 0 spiro atoms. The molecule has 0 bridgehead atoms. The Hall–Kier alpha value is -3.74. The van der Waals surface area contributed by atoms with Crippen LogP contribution in [0.4, 0.5) is 0 Å². The zero-order valence-corrected chi connectivity index (χ0v) is 17.8. The molecular formula is C25H25N3O4. The van der Waals surface area contributed by atoms with Crippen LogP contribution in [-0.2, 0) is 0 Å². The largest absolute Gasteiger partial charge is 0.502 e. The first kappa shape index (κ1) is 20.2. The van der Waals surface area contributed by atoms with Crippen molar-refractivity contribution in [2.45, 2.75) is 18.9 Å². The minimum Gasteiger partial charge on any atom is -0.502 e. The Morgan fingerprint density at radius 1 is 1.03 bits per heavy atom. The average molecular weight is 431 g/mol. The number of benzene rings is 2. The van der Waals surface area contributed by atoms with Gasteiger partial charge in [-0.1, -0.05) is 48.5 Å². The van der Waals surface area contributed by atoms with Crippen molar-refractivity contribution in [2.24, 2.45) is 5.92 Å². The summed E-state index contributed by atoms with van der Waals surface area (Å²) in [5.74, 6) is 0.343. The highest BCUT2D eigenvalue weighted by Crippen LogP contribution is 2.37. The van der Waals surface area contributed by atoms with Crippen LogP contribution in [0, 0.1) is 5.92 Å². The van der Waals surface area contributed by atoms with E-state index in [1.807, 2.05) is 59.6 Å². The van der Waals surface area contributed by atoms with E-state index in [4.69, 9.17) is 4.74 Å². The summed E-state index contributed by atoms with van der Waals surface area (Å²) in [6, 6.07) is 18.7. The van der Waals surface area contributed by atoms with Gasteiger partial charge in [-0.3, -0.25) is 19.3 Å². The van der Waals surface area contributed by atoms with Crippen LogP contribution in [0.3, 0.4) is 0 Å². The Kier molecular flexibility index (Phi) is 5.09. The van der Waals surface area contributed by atoms with E-state index in [0.29, 0.717) is 19.1 Å². The molecule has 1 saturated carbocycles. The first-order valence-electron chi connectivity index (χ1n) is 10.8. The van der Waals surface area contributed by atoms with Crippen molar-refractivity contribution in [2.75, 3.05) is 25.3 Å². The molecule has 1 aliphatic carbocycles. The van der Waals surface area contributed by atoms with Gasteiger partial charge in [0.05, 0.1) is 7.11 Å². The Bertz CT molecular complexity index is 1200. The second-order valence-electron chi connectivity index (χ2n) is 8.33. The van der Waals surface area contributed by atoms with E-state index in [2.05, 4.69) is 0 Å². The van der Waals surface area contributed by atoms with Crippen LogP contribution in [-0.4, -0.2) is 40.9 Å². The van der Waals surface area contributed by atoms with E-state index in [1.165, 1.54) is 6.07 Å². The van der Waals surface area contributed by atoms with Gasteiger partial charge in [0.1, 0.15) is 18.5 Å². The Morgan fingerprint density at radius 2 is 1.75 bits per heavy atom. The van der Waals surface area contributed by atoms with Crippen LogP contribution in [0.25, 0.3) is 0 Å². The molecule has 5 rings (SSSR count). The summed E-state index contributed by atoms with van der Waals surface area (Å²) in [6.07, 6.45) is 3.74. The second-order valence-corrected chi connectivity index (χ2v) is 8.33. The maximum absolute atomic E-state index is 13.3. The highest BCUT2D eigenvalue weighted by Gasteiger charge is 2.39. The van der Waals surface area contributed by atoms with Crippen molar-refractivity contribution in [1.29, 1.82) is 0 Å². The van der Waals surface area contributed by atoms with E-state index in [9.17, 15) is 14.7 Å². The number of carbonyl (C=O) groups excluding carboxylic acids is 1. The average Bonchev–Trinajstić information content (AvgIpc) is 3.64. The fourth-order valence-electron chi connectivity index (χ4n) is 4.39. The van der Waals surface area contributed by atoms with Gasteiger partial charge < -0.3 is 14.7 Å². The molecule has 7 nitrogen and oxygen atoms in total. The van der Waals surface area contributed by atoms with Gasteiger partial charge in [0.2, 0.25) is 5.43 Å². The minimum atomic E-state index is -0.564. The molecule has 2 aromatic carbocycles. The number of aromatic nitrogens is 1. The van der Waals surface area contributed by atoms with E-state index in [1.54, 1.807) is 22.9 Å². The van der Waals surface area contributed by atoms with Crippen LogP contribution in [0.1, 0.15) is 40.5 Å². The molecule has 1 atom stereocenters. The smallest absolute Gasteiger partial charge is 0.277 e. The van der Waals surface area contributed by atoms with E-state index in [0.717, 1.165) is 29.7 Å². The highest BCUT2D eigenvalue weighted by molar-refractivity contribution is 5.96. The molecule has 2 aliphatic rings. The molecule has 32 heavy (non-hydrogen) atoms. The number of carbonyl (C=O) groups is 1. The van der Waals surface area contributed by atoms with Crippen LogP contribution < -0.4 is 15.2 Å². The quantitative estimate of drug-likeness (QED) is 0.649. The molecule has 3 aromatic rings. The van der Waals surface area contributed by atoms with Crippen molar-refractivity contribution < 1.29 is 14.6 Å². The number of pyridine rings is 1. The maximum Gasteiger partial charge on any atom is 0.277 e. The molecule has 2 heterocycles. The van der Waals surface area contributed by atoms with E-state index >= 15 is 0 Å². The predicted molar refractivity (Wildman–Crippen MR) is 120 cm³/mol. The molecule has 1 N–H and O–H groups in total. The number of aromatic hydroxyl groups is 1. The van der Waals surface area contributed by atoms with E-state index in [-0.39, 0.29) is 17.6 Å². The number of para-hydroxylation sites is 1. The number of fused-ring (bicyclic) bond motifs is 1. The molecule has 1 aromatic heterocycles. The van der Waals surface area contributed by atoms with Crippen LogP contribution in [0.2, 0.25) is 0 Å². The monoisotopic (exact) mass is 431 g/mol. The number of hydrogen-bond acceptors (Lipinski definition) is 5. The van der Waals surface area contributed by atoms with Crippen LogP contribution >= 0.6 is 0 Å². The van der Waals surface area contributed by atoms with Gasteiger partial charge in [0, 0.05) is 24.4 Å². The van der Waals surface area contributed by atoms with Gasteiger partial charge in [-0.2, -0.15) is 0 Å². The standard InChI is InChI=1S/C25H25N3O4/c1-32-21-10-6-5-9-19(21)22(18-7-3-2-4-8-18)28-16-26(15-17-11-12-17)25(31)23-24(30)20(29)13-14-27(23)28/h2-10,13-14,17,22,30H,11-12,15-16H2,1H3/t22-/m1/s1. The molecule has 1 amide bonds. The third-order valence-corrected chi connectivity index (χ3v) is 6.16. The fraction of sp³-hybridized carbons (Fsp3) is 0.280. The predicted octanol–water partition coefficient (Wildman–Crippen LogP) is 3.11. The molecule has 1 fully saturated rings. The lowest BCUT2D eigenvalue weighted by molar-refractivity contribution is 0.0670. The molecule has 7 heteroatoms. The Labute approximate surface area is 186 Å². The van der Waals surface area contributed by atoms with E-state index < -0.39 is 11.2 Å². The summed E-state index contributed by atoms with van der Waals surface area (Å²) < 4.78 is 7.29. The third kappa shape index (κ3) is 3.49. The number of ether oxygens (including phenoxy) is 1. The molecule has 0 radical (unpaired) electrons. The summed E-state index contributed by atoms with van der Waals surface area (Å²) in [6.45, 7) is 0.924. The van der Waals surface area contributed by atoms with Gasteiger partial charge >= 0.3 is 0 Å². The Morgan fingerprint density at radius 3 is 2.47 bits per heavy atom. The summed E-state index contributed by atoms with van der Waals surface area (Å²) in [5.41, 5.74) is 1.36. The van der Waals surface area contributed by atoms with Gasteiger partial charge in [-0.05, 0) is 30.4 Å². The zero-order chi connectivity index (χ0) is 22.2. The molecule has 0 unspecified atom stereocenters. The number of amides is 1. The van der Waals surface area contributed by atoms with Crippen molar-refractivity contribution in [3.05, 3.63) is 93.9 Å². The lowest BCUT2D eigenvalue weighted by Crippen LogP contribution is -2.55. The molecule has 164 valence electrons. The third-order valence-electron chi connectivity index (χ3n) is 6.16. The number of nitrogens with zero attached hydrogens (tertiary/aromatic N) is 3. The molecule has 0 saturated heterocycles. The van der Waals surface area contributed by atoms with Gasteiger partial charge in [0.15, 0.2) is 11.4 Å². The van der Waals surface area contributed by atoms with Crippen molar-refractivity contribution in [1.82, 2.24) is 9.58 Å². The second kappa shape index (κ2) is 8.07. The van der Waals surface area contributed by atoms with Gasteiger partial charge in [-0.15, -0.1) is 0 Å².